The van der Waals surface area contributed by atoms with Crippen molar-refractivity contribution < 1.29 is 9.90 Å². The SMILES string of the molecule is Cc1ccccc1N(C)Cc1cccc(C(=O)O)n1. The van der Waals surface area contributed by atoms with Gasteiger partial charge in [-0.05, 0) is 30.7 Å². The largest absolute Gasteiger partial charge is 0.477 e. The van der Waals surface area contributed by atoms with E-state index in [0.29, 0.717) is 6.54 Å². The first kappa shape index (κ1) is 13.1. The Morgan fingerprint density at radius 3 is 2.63 bits per heavy atom. The molecule has 1 heterocycles. The van der Waals surface area contributed by atoms with Gasteiger partial charge in [0.15, 0.2) is 0 Å². The number of hydrogen-bond acceptors (Lipinski definition) is 3. The third-order valence-corrected chi connectivity index (χ3v) is 2.95. The Balaban J connectivity index is 2.19. The minimum atomic E-state index is -1.000. The number of pyridine rings is 1. The minimum absolute atomic E-state index is 0.0793. The molecule has 0 bridgehead atoms. The topological polar surface area (TPSA) is 53.4 Å². The van der Waals surface area contributed by atoms with Crippen LogP contribution in [0.3, 0.4) is 0 Å². The van der Waals surface area contributed by atoms with Crippen molar-refractivity contribution in [3.05, 3.63) is 59.4 Å². The van der Waals surface area contributed by atoms with Crippen molar-refractivity contribution in [2.45, 2.75) is 13.5 Å². The van der Waals surface area contributed by atoms with Crippen LogP contribution in [0.1, 0.15) is 21.7 Å². The van der Waals surface area contributed by atoms with Crippen LogP contribution >= 0.6 is 0 Å². The molecule has 0 aliphatic heterocycles. The van der Waals surface area contributed by atoms with Crippen molar-refractivity contribution in [2.24, 2.45) is 0 Å². The van der Waals surface area contributed by atoms with Crippen LogP contribution in [0.4, 0.5) is 5.69 Å². The minimum Gasteiger partial charge on any atom is -0.477 e. The molecule has 2 aromatic rings. The van der Waals surface area contributed by atoms with E-state index in [4.69, 9.17) is 5.11 Å². The summed E-state index contributed by atoms with van der Waals surface area (Å²) in [7, 11) is 1.97. The molecule has 0 fully saturated rings. The first-order valence-corrected chi connectivity index (χ1v) is 6.04. The van der Waals surface area contributed by atoms with E-state index in [1.165, 1.54) is 11.6 Å². The van der Waals surface area contributed by atoms with E-state index in [1.807, 2.05) is 44.3 Å². The molecule has 4 nitrogen and oxygen atoms in total. The fourth-order valence-electron chi connectivity index (χ4n) is 2.01. The Hall–Kier alpha value is -2.36. The molecule has 0 saturated carbocycles. The van der Waals surface area contributed by atoms with Gasteiger partial charge in [-0.3, -0.25) is 0 Å². The van der Waals surface area contributed by atoms with E-state index in [0.717, 1.165) is 11.4 Å². The fourth-order valence-corrected chi connectivity index (χ4v) is 2.01. The van der Waals surface area contributed by atoms with Crippen molar-refractivity contribution in [1.29, 1.82) is 0 Å². The van der Waals surface area contributed by atoms with Crippen LogP contribution in [0.2, 0.25) is 0 Å². The number of anilines is 1. The Labute approximate surface area is 112 Å². The molecular weight excluding hydrogens is 240 g/mol. The maximum atomic E-state index is 10.9. The lowest BCUT2D eigenvalue weighted by molar-refractivity contribution is 0.0690. The maximum Gasteiger partial charge on any atom is 0.354 e. The normalized spacial score (nSPS) is 10.2. The highest BCUT2D eigenvalue weighted by Crippen LogP contribution is 2.19. The Bertz CT molecular complexity index is 596. The number of para-hydroxylation sites is 1. The molecule has 1 aromatic heterocycles. The van der Waals surface area contributed by atoms with Gasteiger partial charge in [0.1, 0.15) is 5.69 Å². The highest BCUT2D eigenvalue weighted by Gasteiger charge is 2.08. The Morgan fingerprint density at radius 1 is 1.21 bits per heavy atom. The van der Waals surface area contributed by atoms with Crippen molar-refractivity contribution in [1.82, 2.24) is 4.98 Å². The van der Waals surface area contributed by atoms with Gasteiger partial charge >= 0.3 is 5.97 Å². The standard InChI is InChI=1S/C15H16N2O2/c1-11-6-3-4-9-14(11)17(2)10-12-7-5-8-13(16-12)15(18)19/h3-9H,10H2,1-2H3,(H,18,19). The lowest BCUT2D eigenvalue weighted by Crippen LogP contribution is -2.18. The third kappa shape index (κ3) is 3.10. The molecule has 4 heteroatoms. The summed E-state index contributed by atoms with van der Waals surface area (Å²) < 4.78 is 0. The van der Waals surface area contributed by atoms with Crippen LogP contribution in [-0.2, 0) is 6.54 Å². The summed E-state index contributed by atoms with van der Waals surface area (Å²) in [6.45, 7) is 2.62. The highest BCUT2D eigenvalue weighted by molar-refractivity contribution is 5.85. The summed E-state index contributed by atoms with van der Waals surface area (Å²) in [6.07, 6.45) is 0. The number of carboxylic acid groups (broad SMARTS) is 1. The van der Waals surface area contributed by atoms with Crippen molar-refractivity contribution in [3.8, 4) is 0 Å². The van der Waals surface area contributed by atoms with Gasteiger partial charge in [0.2, 0.25) is 0 Å². The van der Waals surface area contributed by atoms with Gasteiger partial charge < -0.3 is 10.0 Å². The number of hydrogen-bond donors (Lipinski definition) is 1. The molecule has 0 unspecified atom stereocenters. The van der Waals surface area contributed by atoms with Crippen LogP contribution in [0.15, 0.2) is 42.5 Å². The summed E-state index contributed by atoms with van der Waals surface area (Å²) in [5, 5.41) is 8.93. The number of carboxylic acids is 1. The van der Waals surface area contributed by atoms with E-state index in [9.17, 15) is 4.79 Å². The van der Waals surface area contributed by atoms with Crippen LogP contribution in [0.5, 0.6) is 0 Å². The number of aromatic nitrogens is 1. The molecule has 0 atom stereocenters. The highest BCUT2D eigenvalue weighted by atomic mass is 16.4. The van der Waals surface area contributed by atoms with Crippen molar-refractivity contribution in [2.75, 3.05) is 11.9 Å². The smallest absolute Gasteiger partial charge is 0.354 e. The first-order valence-electron chi connectivity index (χ1n) is 6.04. The molecule has 19 heavy (non-hydrogen) atoms. The lowest BCUT2D eigenvalue weighted by atomic mass is 10.2. The molecule has 2 rings (SSSR count). The predicted octanol–water partition coefficient (Wildman–Crippen LogP) is 2.72. The van der Waals surface area contributed by atoms with E-state index in [2.05, 4.69) is 9.88 Å². The maximum absolute atomic E-state index is 10.9. The van der Waals surface area contributed by atoms with Crippen molar-refractivity contribution >= 4 is 11.7 Å². The molecule has 0 aliphatic rings. The summed E-state index contributed by atoms with van der Waals surface area (Å²) >= 11 is 0. The molecule has 0 saturated heterocycles. The molecule has 98 valence electrons. The van der Waals surface area contributed by atoms with Crippen LogP contribution in [0.25, 0.3) is 0 Å². The number of rotatable bonds is 4. The zero-order valence-corrected chi connectivity index (χ0v) is 11.0. The van der Waals surface area contributed by atoms with E-state index < -0.39 is 5.97 Å². The summed E-state index contributed by atoms with van der Waals surface area (Å²) in [4.78, 5) is 17.1. The molecule has 0 spiro atoms. The predicted molar refractivity (Wildman–Crippen MR) is 74.5 cm³/mol. The second-order valence-electron chi connectivity index (χ2n) is 4.46. The fraction of sp³-hybridized carbons (Fsp3) is 0.200. The monoisotopic (exact) mass is 256 g/mol. The quantitative estimate of drug-likeness (QED) is 0.913. The average molecular weight is 256 g/mol. The number of carbonyl (C=O) groups is 1. The number of aryl methyl sites for hydroxylation is 1. The van der Waals surface area contributed by atoms with Gasteiger partial charge in [-0.2, -0.15) is 0 Å². The molecule has 0 radical (unpaired) electrons. The molecule has 0 amide bonds. The average Bonchev–Trinajstić information content (AvgIpc) is 2.39. The Morgan fingerprint density at radius 2 is 1.95 bits per heavy atom. The van der Waals surface area contributed by atoms with E-state index in [1.54, 1.807) is 6.07 Å². The summed E-state index contributed by atoms with van der Waals surface area (Å²) in [5.74, 6) is -1.000. The molecule has 1 N–H and O–H groups in total. The van der Waals surface area contributed by atoms with Gasteiger partial charge in [-0.1, -0.05) is 24.3 Å². The lowest BCUT2D eigenvalue weighted by Gasteiger charge is -2.21. The van der Waals surface area contributed by atoms with Gasteiger partial charge in [0.25, 0.3) is 0 Å². The van der Waals surface area contributed by atoms with E-state index in [-0.39, 0.29) is 5.69 Å². The van der Waals surface area contributed by atoms with E-state index >= 15 is 0 Å². The van der Waals surface area contributed by atoms with Crippen LogP contribution < -0.4 is 4.90 Å². The van der Waals surface area contributed by atoms with Crippen molar-refractivity contribution in [3.63, 3.8) is 0 Å². The van der Waals surface area contributed by atoms with Gasteiger partial charge in [0, 0.05) is 12.7 Å². The zero-order valence-electron chi connectivity index (χ0n) is 11.0. The molecule has 1 aromatic carbocycles. The number of benzene rings is 1. The summed E-state index contributed by atoms with van der Waals surface area (Å²) in [6, 6.07) is 13.1. The first-order chi connectivity index (χ1) is 9.08. The third-order valence-electron chi connectivity index (χ3n) is 2.95. The van der Waals surface area contributed by atoms with Crippen LogP contribution in [-0.4, -0.2) is 23.1 Å². The second-order valence-corrected chi connectivity index (χ2v) is 4.46. The number of nitrogens with zero attached hydrogens (tertiary/aromatic N) is 2. The number of aromatic carboxylic acids is 1. The van der Waals surface area contributed by atoms with Gasteiger partial charge in [-0.15, -0.1) is 0 Å². The van der Waals surface area contributed by atoms with Gasteiger partial charge in [-0.25, -0.2) is 9.78 Å². The molecular formula is C15H16N2O2. The zero-order chi connectivity index (χ0) is 13.8. The summed E-state index contributed by atoms with van der Waals surface area (Å²) in [5.41, 5.74) is 3.12. The van der Waals surface area contributed by atoms with Gasteiger partial charge in [0.05, 0.1) is 12.2 Å². The Kier molecular flexibility index (Phi) is 3.80. The second kappa shape index (κ2) is 5.52. The molecule has 0 aliphatic carbocycles. The van der Waals surface area contributed by atoms with Crippen LogP contribution in [0, 0.1) is 6.92 Å².